The highest BCUT2D eigenvalue weighted by Crippen LogP contribution is 2.30. The molecule has 0 atom stereocenters. The van der Waals surface area contributed by atoms with E-state index in [-0.39, 0.29) is 4.90 Å². The molecular formula is C8H8BrClO2S. The van der Waals surface area contributed by atoms with E-state index < -0.39 is 9.05 Å². The van der Waals surface area contributed by atoms with E-state index in [0.717, 1.165) is 5.56 Å². The van der Waals surface area contributed by atoms with Crippen molar-refractivity contribution in [2.75, 3.05) is 0 Å². The van der Waals surface area contributed by atoms with Crippen molar-refractivity contribution < 1.29 is 8.42 Å². The van der Waals surface area contributed by atoms with Crippen molar-refractivity contribution in [1.82, 2.24) is 0 Å². The van der Waals surface area contributed by atoms with E-state index in [1.807, 2.05) is 13.0 Å². The van der Waals surface area contributed by atoms with Gasteiger partial charge in [0.15, 0.2) is 0 Å². The van der Waals surface area contributed by atoms with E-state index in [2.05, 4.69) is 15.9 Å². The Morgan fingerprint density at radius 1 is 1.23 bits per heavy atom. The van der Waals surface area contributed by atoms with Crippen LogP contribution in [0, 0.1) is 13.8 Å². The van der Waals surface area contributed by atoms with Gasteiger partial charge in [0.05, 0.1) is 4.90 Å². The highest BCUT2D eigenvalue weighted by atomic mass is 79.9. The molecule has 1 aromatic carbocycles. The van der Waals surface area contributed by atoms with Crippen molar-refractivity contribution in [3.8, 4) is 0 Å². The molecule has 2 nitrogen and oxygen atoms in total. The molecule has 0 radical (unpaired) electrons. The third kappa shape index (κ3) is 2.24. The molecule has 0 N–H and O–H groups in total. The molecule has 0 aromatic heterocycles. The van der Waals surface area contributed by atoms with Crippen molar-refractivity contribution in [1.29, 1.82) is 0 Å². The molecule has 0 saturated heterocycles. The summed E-state index contributed by atoms with van der Waals surface area (Å²) in [4.78, 5) is 0.161. The quantitative estimate of drug-likeness (QED) is 0.743. The van der Waals surface area contributed by atoms with Crippen LogP contribution in [-0.2, 0) is 9.05 Å². The third-order valence-corrected chi connectivity index (χ3v) is 4.49. The van der Waals surface area contributed by atoms with Gasteiger partial charge in [-0.25, -0.2) is 8.42 Å². The Labute approximate surface area is 90.5 Å². The molecule has 0 aliphatic heterocycles. The van der Waals surface area contributed by atoms with Crippen molar-refractivity contribution in [2.24, 2.45) is 0 Å². The first-order valence-electron chi connectivity index (χ1n) is 3.54. The normalized spacial score (nSPS) is 11.7. The topological polar surface area (TPSA) is 34.1 Å². The summed E-state index contributed by atoms with van der Waals surface area (Å²) in [7, 11) is 1.62. The van der Waals surface area contributed by atoms with E-state index in [4.69, 9.17) is 10.7 Å². The summed E-state index contributed by atoms with van der Waals surface area (Å²) in [6, 6.07) is 3.57. The van der Waals surface area contributed by atoms with Gasteiger partial charge in [-0.3, -0.25) is 0 Å². The van der Waals surface area contributed by atoms with Crippen LogP contribution in [0.5, 0.6) is 0 Å². The Kier molecular flexibility index (Phi) is 3.05. The Hall–Kier alpha value is -0.0600. The van der Waals surface area contributed by atoms with Crippen LogP contribution in [0.2, 0.25) is 0 Å². The van der Waals surface area contributed by atoms with Gasteiger partial charge in [0, 0.05) is 15.2 Å². The lowest BCUT2D eigenvalue weighted by Crippen LogP contribution is -1.97. The Morgan fingerprint density at radius 3 is 2.08 bits per heavy atom. The second kappa shape index (κ2) is 3.59. The van der Waals surface area contributed by atoms with E-state index in [9.17, 15) is 8.42 Å². The number of halogens is 2. The van der Waals surface area contributed by atoms with Crippen molar-refractivity contribution in [3.05, 3.63) is 27.7 Å². The summed E-state index contributed by atoms with van der Waals surface area (Å²) in [6.07, 6.45) is 0. The minimum Gasteiger partial charge on any atom is -0.207 e. The van der Waals surface area contributed by atoms with Gasteiger partial charge >= 0.3 is 0 Å². The molecule has 0 amide bonds. The van der Waals surface area contributed by atoms with Gasteiger partial charge in [-0.05, 0) is 40.9 Å². The molecule has 0 spiro atoms. The van der Waals surface area contributed by atoms with E-state index >= 15 is 0 Å². The fourth-order valence-corrected chi connectivity index (χ4v) is 3.84. The predicted molar refractivity (Wildman–Crippen MR) is 56.7 cm³/mol. The summed E-state index contributed by atoms with van der Waals surface area (Å²) in [6.45, 7) is 3.52. The molecule has 1 aromatic rings. The lowest BCUT2D eigenvalue weighted by atomic mass is 10.2. The van der Waals surface area contributed by atoms with Gasteiger partial charge in [0.1, 0.15) is 0 Å². The highest BCUT2D eigenvalue weighted by molar-refractivity contribution is 9.10. The van der Waals surface area contributed by atoms with Gasteiger partial charge in [-0.1, -0.05) is 12.1 Å². The molecule has 0 unspecified atom stereocenters. The van der Waals surface area contributed by atoms with Crippen LogP contribution in [-0.4, -0.2) is 8.42 Å². The van der Waals surface area contributed by atoms with Gasteiger partial charge in [0.25, 0.3) is 9.05 Å². The summed E-state index contributed by atoms with van der Waals surface area (Å²) in [5, 5.41) is 0. The second-order valence-corrected chi connectivity index (χ2v) is 6.08. The minimum absolute atomic E-state index is 0.161. The van der Waals surface area contributed by atoms with E-state index in [1.54, 1.807) is 13.0 Å². The lowest BCUT2D eigenvalue weighted by Gasteiger charge is -2.06. The van der Waals surface area contributed by atoms with Gasteiger partial charge in [-0.15, -0.1) is 0 Å². The van der Waals surface area contributed by atoms with Crippen molar-refractivity contribution in [2.45, 2.75) is 18.7 Å². The second-order valence-electron chi connectivity index (χ2n) is 2.78. The summed E-state index contributed by atoms with van der Waals surface area (Å²) in [5.41, 5.74) is 1.50. The molecule has 0 fully saturated rings. The first kappa shape index (κ1) is 11.0. The van der Waals surface area contributed by atoms with E-state index in [1.165, 1.54) is 0 Å². The van der Waals surface area contributed by atoms with Crippen LogP contribution < -0.4 is 0 Å². The average molecular weight is 284 g/mol. The number of aryl methyl sites for hydroxylation is 2. The molecule has 72 valence electrons. The van der Waals surface area contributed by atoms with Crippen molar-refractivity contribution >= 4 is 35.7 Å². The molecule has 13 heavy (non-hydrogen) atoms. The Balaban J connectivity index is 3.62. The third-order valence-electron chi connectivity index (χ3n) is 1.73. The maximum absolute atomic E-state index is 11.2. The first-order valence-corrected chi connectivity index (χ1v) is 6.64. The molecule has 0 heterocycles. The van der Waals surface area contributed by atoms with Gasteiger partial charge in [0.2, 0.25) is 0 Å². The maximum Gasteiger partial charge on any atom is 0.262 e. The SMILES string of the molecule is Cc1ccc(C)c(S(=O)(=O)Cl)c1Br. The molecule has 0 saturated carbocycles. The molecule has 0 aliphatic rings. The summed E-state index contributed by atoms with van der Waals surface area (Å²) in [5.74, 6) is 0. The van der Waals surface area contributed by atoms with E-state index in [0.29, 0.717) is 10.0 Å². The smallest absolute Gasteiger partial charge is 0.207 e. The molecule has 0 aliphatic carbocycles. The largest absolute Gasteiger partial charge is 0.262 e. The average Bonchev–Trinajstić information content (AvgIpc) is 1.95. The molecular weight excluding hydrogens is 276 g/mol. The standard InChI is InChI=1S/C8H8BrClO2S/c1-5-3-4-6(2)8(7(5)9)13(10,11)12/h3-4H,1-2H3. The van der Waals surface area contributed by atoms with Crippen LogP contribution >= 0.6 is 26.6 Å². The van der Waals surface area contributed by atoms with Crippen LogP contribution in [0.4, 0.5) is 0 Å². The number of rotatable bonds is 1. The molecule has 1 rings (SSSR count). The number of hydrogen-bond donors (Lipinski definition) is 0. The van der Waals surface area contributed by atoms with Gasteiger partial charge in [-0.2, -0.15) is 0 Å². The van der Waals surface area contributed by atoms with Crippen LogP contribution in [0.3, 0.4) is 0 Å². The predicted octanol–water partition coefficient (Wildman–Crippen LogP) is 2.99. The molecule has 0 bridgehead atoms. The lowest BCUT2D eigenvalue weighted by molar-refractivity contribution is 0.608. The number of benzene rings is 1. The maximum atomic E-state index is 11.2. The monoisotopic (exact) mass is 282 g/mol. The summed E-state index contributed by atoms with van der Waals surface area (Å²) < 4.78 is 22.9. The zero-order valence-electron chi connectivity index (χ0n) is 7.14. The summed E-state index contributed by atoms with van der Waals surface area (Å²) >= 11 is 3.20. The fourth-order valence-electron chi connectivity index (χ4n) is 1.05. The first-order chi connectivity index (χ1) is 5.84. The fraction of sp³-hybridized carbons (Fsp3) is 0.250. The van der Waals surface area contributed by atoms with Crippen LogP contribution in [0.15, 0.2) is 21.5 Å². The number of hydrogen-bond acceptors (Lipinski definition) is 2. The molecule has 5 heteroatoms. The van der Waals surface area contributed by atoms with Crippen molar-refractivity contribution in [3.63, 3.8) is 0 Å². The van der Waals surface area contributed by atoms with Crippen LogP contribution in [0.1, 0.15) is 11.1 Å². The Morgan fingerprint density at radius 2 is 1.69 bits per heavy atom. The Bertz CT molecular complexity index is 440. The van der Waals surface area contributed by atoms with Gasteiger partial charge < -0.3 is 0 Å². The minimum atomic E-state index is -3.66. The zero-order chi connectivity index (χ0) is 10.2. The zero-order valence-corrected chi connectivity index (χ0v) is 10.3. The van der Waals surface area contributed by atoms with Crippen LogP contribution in [0.25, 0.3) is 0 Å². The highest BCUT2D eigenvalue weighted by Gasteiger charge is 2.18.